The van der Waals surface area contributed by atoms with Crippen LogP contribution < -0.4 is 5.32 Å². The standard InChI is InChI=1S/C13H11NO2/c1-9-7-13(16)11(8-12(9)15)14-10-5-3-2-4-6-10/h2-8,14H,1H3. The van der Waals surface area contributed by atoms with Crippen LogP contribution in [0.25, 0.3) is 0 Å². The highest BCUT2D eigenvalue weighted by Gasteiger charge is 2.17. The molecule has 0 aromatic heterocycles. The molecule has 1 aromatic carbocycles. The van der Waals surface area contributed by atoms with Crippen molar-refractivity contribution in [1.29, 1.82) is 0 Å². The molecule has 1 aliphatic rings. The molecule has 1 N–H and O–H groups in total. The zero-order valence-corrected chi connectivity index (χ0v) is 8.86. The molecular formula is C13H11NO2. The molecule has 0 saturated carbocycles. The maximum atomic E-state index is 11.6. The summed E-state index contributed by atoms with van der Waals surface area (Å²) in [6.45, 7) is 1.63. The topological polar surface area (TPSA) is 46.2 Å². The van der Waals surface area contributed by atoms with Crippen LogP contribution >= 0.6 is 0 Å². The predicted molar refractivity (Wildman–Crippen MR) is 61.9 cm³/mol. The molecule has 0 radical (unpaired) electrons. The Balaban J connectivity index is 2.21. The molecule has 0 spiro atoms. The van der Waals surface area contributed by atoms with Gasteiger partial charge in [0.2, 0.25) is 5.78 Å². The Kier molecular flexibility index (Phi) is 2.68. The third kappa shape index (κ3) is 2.08. The van der Waals surface area contributed by atoms with E-state index in [4.69, 9.17) is 0 Å². The monoisotopic (exact) mass is 213 g/mol. The van der Waals surface area contributed by atoms with E-state index in [-0.39, 0.29) is 11.6 Å². The summed E-state index contributed by atoms with van der Waals surface area (Å²) < 4.78 is 0. The van der Waals surface area contributed by atoms with Crippen molar-refractivity contribution >= 4 is 17.3 Å². The van der Waals surface area contributed by atoms with Gasteiger partial charge in [0.25, 0.3) is 0 Å². The molecule has 0 saturated heterocycles. The predicted octanol–water partition coefficient (Wildman–Crippen LogP) is 2.08. The van der Waals surface area contributed by atoms with Crippen LogP contribution in [0.3, 0.4) is 0 Å². The van der Waals surface area contributed by atoms with E-state index in [0.717, 1.165) is 5.69 Å². The summed E-state index contributed by atoms with van der Waals surface area (Å²) in [5.74, 6) is -0.293. The molecule has 3 heteroatoms. The molecule has 1 aromatic rings. The number of allylic oxidation sites excluding steroid dienone is 3. The fourth-order valence-electron chi connectivity index (χ4n) is 1.44. The number of rotatable bonds is 2. The van der Waals surface area contributed by atoms with Gasteiger partial charge in [-0.15, -0.1) is 0 Å². The summed E-state index contributed by atoms with van der Waals surface area (Å²) in [6.07, 6.45) is 2.69. The lowest BCUT2D eigenvalue weighted by Crippen LogP contribution is -2.17. The number of hydrogen-bond acceptors (Lipinski definition) is 3. The molecular weight excluding hydrogens is 202 g/mol. The van der Waals surface area contributed by atoms with Crippen molar-refractivity contribution in [3.8, 4) is 0 Å². The van der Waals surface area contributed by atoms with Crippen LogP contribution in [-0.4, -0.2) is 11.6 Å². The van der Waals surface area contributed by atoms with E-state index < -0.39 is 0 Å². The van der Waals surface area contributed by atoms with Crippen molar-refractivity contribution in [2.45, 2.75) is 6.92 Å². The first kappa shape index (κ1) is 10.4. The summed E-state index contributed by atoms with van der Waals surface area (Å²) in [6, 6.07) is 9.28. The van der Waals surface area contributed by atoms with Crippen molar-refractivity contribution in [2.75, 3.05) is 5.32 Å². The van der Waals surface area contributed by atoms with Crippen LogP contribution in [0, 0.1) is 0 Å². The third-order valence-corrected chi connectivity index (χ3v) is 2.33. The zero-order chi connectivity index (χ0) is 11.5. The smallest absolute Gasteiger partial charge is 0.202 e. The molecule has 16 heavy (non-hydrogen) atoms. The van der Waals surface area contributed by atoms with Crippen LogP contribution in [0.15, 0.2) is 53.8 Å². The first-order chi connectivity index (χ1) is 7.66. The molecule has 1 aliphatic carbocycles. The summed E-state index contributed by atoms with van der Waals surface area (Å²) in [5, 5.41) is 2.93. The lowest BCUT2D eigenvalue weighted by molar-refractivity contribution is -0.115. The van der Waals surface area contributed by atoms with Gasteiger partial charge in [0.05, 0.1) is 5.70 Å². The van der Waals surface area contributed by atoms with E-state index in [1.807, 2.05) is 30.3 Å². The quantitative estimate of drug-likeness (QED) is 0.765. The minimum absolute atomic E-state index is 0.127. The summed E-state index contributed by atoms with van der Waals surface area (Å²) in [5.41, 5.74) is 1.59. The molecule has 0 fully saturated rings. The van der Waals surface area contributed by atoms with Crippen molar-refractivity contribution in [1.82, 2.24) is 0 Å². The van der Waals surface area contributed by atoms with Crippen molar-refractivity contribution in [2.24, 2.45) is 0 Å². The van der Waals surface area contributed by atoms with Crippen LogP contribution in [0.2, 0.25) is 0 Å². The Bertz CT molecular complexity index is 498. The number of hydrogen-bond donors (Lipinski definition) is 1. The lowest BCUT2D eigenvalue weighted by Gasteiger charge is -2.11. The Labute approximate surface area is 93.5 Å². The van der Waals surface area contributed by atoms with Gasteiger partial charge < -0.3 is 5.32 Å². The molecule has 0 bridgehead atoms. The highest BCUT2D eigenvalue weighted by atomic mass is 16.1. The van der Waals surface area contributed by atoms with Crippen LogP contribution in [0.1, 0.15) is 6.92 Å². The largest absolute Gasteiger partial charge is 0.352 e. The first-order valence-corrected chi connectivity index (χ1v) is 4.97. The van der Waals surface area contributed by atoms with Crippen LogP contribution in [-0.2, 0) is 9.59 Å². The second kappa shape index (κ2) is 4.14. The van der Waals surface area contributed by atoms with E-state index in [1.54, 1.807) is 6.92 Å². The van der Waals surface area contributed by atoms with Gasteiger partial charge in [-0.25, -0.2) is 0 Å². The van der Waals surface area contributed by atoms with Gasteiger partial charge in [-0.2, -0.15) is 0 Å². The summed E-state index contributed by atoms with van der Waals surface area (Å²) >= 11 is 0. The molecule has 2 rings (SSSR count). The Morgan fingerprint density at radius 2 is 1.62 bits per heavy atom. The molecule has 80 valence electrons. The first-order valence-electron chi connectivity index (χ1n) is 4.97. The van der Waals surface area contributed by atoms with Gasteiger partial charge in [-0.1, -0.05) is 18.2 Å². The number of carbonyl (C=O) groups excluding carboxylic acids is 2. The number of para-hydroxylation sites is 1. The number of nitrogens with one attached hydrogen (secondary N) is 1. The minimum Gasteiger partial charge on any atom is -0.352 e. The second-order valence-corrected chi connectivity index (χ2v) is 3.60. The highest BCUT2D eigenvalue weighted by Crippen LogP contribution is 2.15. The molecule has 0 atom stereocenters. The summed E-state index contributed by atoms with van der Waals surface area (Å²) in [7, 11) is 0. The second-order valence-electron chi connectivity index (χ2n) is 3.60. The number of carbonyl (C=O) groups is 2. The number of anilines is 1. The highest BCUT2D eigenvalue weighted by molar-refractivity contribution is 6.20. The molecule has 3 nitrogen and oxygen atoms in total. The van der Waals surface area contributed by atoms with Gasteiger partial charge in [-0.05, 0) is 25.1 Å². The van der Waals surface area contributed by atoms with Gasteiger partial charge >= 0.3 is 0 Å². The van der Waals surface area contributed by atoms with E-state index in [1.165, 1.54) is 12.2 Å². The minimum atomic E-state index is -0.166. The summed E-state index contributed by atoms with van der Waals surface area (Å²) in [4.78, 5) is 23.0. The average Bonchev–Trinajstić information content (AvgIpc) is 2.27. The maximum absolute atomic E-state index is 11.6. The SMILES string of the molecule is CC1=CC(=O)C(Nc2ccccc2)=CC1=O. The van der Waals surface area contributed by atoms with Crippen molar-refractivity contribution in [3.63, 3.8) is 0 Å². The molecule has 0 amide bonds. The van der Waals surface area contributed by atoms with Crippen LogP contribution in [0.5, 0.6) is 0 Å². The Hall–Kier alpha value is -2.16. The van der Waals surface area contributed by atoms with Gasteiger partial charge in [0.15, 0.2) is 5.78 Å². The fourth-order valence-corrected chi connectivity index (χ4v) is 1.44. The zero-order valence-electron chi connectivity index (χ0n) is 8.86. The number of ketones is 2. The van der Waals surface area contributed by atoms with E-state index in [0.29, 0.717) is 11.3 Å². The number of benzene rings is 1. The Morgan fingerprint density at radius 3 is 2.31 bits per heavy atom. The van der Waals surface area contributed by atoms with Crippen molar-refractivity contribution < 1.29 is 9.59 Å². The average molecular weight is 213 g/mol. The normalized spacial score (nSPS) is 15.6. The van der Waals surface area contributed by atoms with E-state index in [2.05, 4.69) is 5.32 Å². The molecule has 0 aliphatic heterocycles. The van der Waals surface area contributed by atoms with E-state index >= 15 is 0 Å². The fraction of sp³-hybridized carbons (Fsp3) is 0.0769. The van der Waals surface area contributed by atoms with E-state index in [9.17, 15) is 9.59 Å². The van der Waals surface area contributed by atoms with Gasteiger partial charge in [0.1, 0.15) is 0 Å². The Morgan fingerprint density at radius 1 is 0.938 bits per heavy atom. The van der Waals surface area contributed by atoms with Crippen LogP contribution in [0.4, 0.5) is 5.69 Å². The molecule has 0 heterocycles. The van der Waals surface area contributed by atoms with Gasteiger partial charge in [-0.3, -0.25) is 9.59 Å². The maximum Gasteiger partial charge on any atom is 0.202 e. The molecule has 0 unspecified atom stereocenters. The third-order valence-electron chi connectivity index (χ3n) is 2.33. The lowest BCUT2D eigenvalue weighted by atomic mass is 10.0. The van der Waals surface area contributed by atoms with Crippen molar-refractivity contribution in [3.05, 3.63) is 53.8 Å². The van der Waals surface area contributed by atoms with Gasteiger partial charge in [0, 0.05) is 17.3 Å².